The summed E-state index contributed by atoms with van der Waals surface area (Å²) in [5, 5.41) is 8.89. The van der Waals surface area contributed by atoms with Gasteiger partial charge in [0, 0.05) is 5.02 Å². The molecule has 80 valence electrons. The maximum Gasteiger partial charge on any atom is 0.377 e. The third-order valence-corrected chi connectivity index (χ3v) is 2.10. The number of halogens is 1. The van der Waals surface area contributed by atoms with E-state index in [0.717, 1.165) is 0 Å². The average molecular weight is 229 g/mol. The van der Waals surface area contributed by atoms with Gasteiger partial charge in [-0.2, -0.15) is 0 Å². The van der Waals surface area contributed by atoms with Crippen molar-refractivity contribution in [1.29, 1.82) is 0 Å². The molecule has 0 amide bonds. The zero-order valence-corrected chi connectivity index (χ0v) is 8.96. The summed E-state index contributed by atoms with van der Waals surface area (Å²) in [4.78, 5) is 21.8. The van der Waals surface area contributed by atoms with Crippen molar-refractivity contribution in [3.63, 3.8) is 0 Å². The van der Waals surface area contributed by atoms with Crippen LogP contribution >= 0.6 is 11.6 Å². The molecule has 0 fully saturated rings. The molecule has 1 aromatic rings. The highest BCUT2D eigenvalue weighted by atomic mass is 35.5. The van der Waals surface area contributed by atoms with Crippen molar-refractivity contribution in [2.45, 2.75) is 6.92 Å². The minimum absolute atomic E-state index is 0.0324. The van der Waals surface area contributed by atoms with Crippen LogP contribution in [0, 0.1) is 6.92 Å². The van der Waals surface area contributed by atoms with Crippen LogP contribution in [0.15, 0.2) is 12.1 Å². The molecule has 0 unspecified atom stereocenters. The van der Waals surface area contributed by atoms with Gasteiger partial charge in [-0.25, -0.2) is 4.79 Å². The van der Waals surface area contributed by atoms with Gasteiger partial charge in [-0.1, -0.05) is 11.6 Å². The smallest absolute Gasteiger partial charge is 0.377 e. The second-order valence-electron chi connectivity index (χ2n) is 2.94. The lowest BCUT2D eigenvalue weighted by molar-refractivity contribution is -0.131. The fourth-order valence-corrected chi connectivity index (χ4v) is 1.56. The van der Waals surface area contributed by atoms with E-state index in [2.05, 4.69) is 0 Å². The number of benzene rings is 1. The monoisotopic (exact) mass is 228 g/mol. The molecule has 0 atom stereocenters. The first kappa shape index (κ1) is 11.5. The lowest BCUT2D eigenvalue weighted by Crippen LogP contribution is -2.14. The number of ether oxygens (including phenoxy) is 1. The molecule has 0 radical (unpaired) electrons. The van der Waals surface area contributed by atoms with Gasteiger partial charge in [-0.15, -0.1) is 0 Å². The number of rotatable bonds is 3. The van der Waals surface area contributed by atoms with E-state index in [1.165, 1.54) is 13.2 Å². The first-order valence-electron chi connectivity index (χ1n) is 4.09. The number of aryl methyl sites for hydroxylation is 1. The van der Waals surface area contributed by atoms with E-state index in [-0.39, 0.29) is 11.3 Å². The van der Waals surface area contributed by atoms with Crippen molar-refractivity contribution >= 4 is 23.4 Å². The van der Waals surface area contributed by atoms with Crippen LogP contribution in [0.25, 0.3) is 0 Å². The molecule has 0 bridgehead atoms. The van der Waals surface area contributed by atoms with Crippen LogP contribution in [0.1, 0.15) is 15.9 Å². The summed E-state index contributed by atoms with van der Waals surface area (Å²) in [6, 6.07) is 2.88. The molecule has 0 aliphatic heterocycles. The Bertz CT molecular complexity index is 426. The second-order valence-corrected chi connectivity index (χ2v) is 3.37. The van der Waals surface area contributed by atoms with Crippen LogP contribution < -0.4 is 4.74 Å². The highest BCUT2D eigenvalue weighted by Crippen LogP contribution is 2.27. The lowest BCUT2D eigenvalue weighted by atomic mass is 10.1. The normalized spacial score (nSPS) is 9.80. The van der Waals surface area contributed by atoms with Crippen LogP contribution in [0.5, 0.6) is 5.75 Å². The first-order chi connectivity index (χ1) is 6.97. The van der Waals surface area contributed by atoms with Crippen LogP contribution in [-0.4, -0.2) is 24.0 Å². The highest BCUT2D eigenvalue weighted by molar-refractivity contribution is 6.41. The van der Waals surface area contributed by atoms with Gasteiger partial charge in [0.1, 0.15) is 5.75 Å². The maximum absolute atomic E-state index is 11.3. The Hall–Kier alpha value is -1.55. The van der Waals surface area contributed by atoms with Gasteiger partial charge >= 0.3 is 5.97 Å². The topological polar surface area (TPSA) is 63.6 Å². The fourth-order valence-electron chi connectivity index (χ4n) is 1.28. The quantitative estimate of drug-likeness (QED) is 0.634. The van der Waals surface area contributed by atoms with Gasteiger partial charge in [0.15, 0.2) is 0 Å². The number of carboxylic acid groups (broad SMARTS) is 1. The Kier molecular flexibility index (Phi) is 3.31. The molecule has 5 heteroatoms. The summed E-state index contributed by atoms with van der Waals surface area (Å²) in [7, 11) is 1.37. The zero-order valence-electron chi connectivity index (χ0n) is 8.20. The highest BCUT2D eigenvalue weighted by Gasteiger charge is 2.21. The molecule has 4 nitrogen and oxygen atoms in total. The zero-order chi connectivity index (χ0) is 11.6. The molecule has 0 aromatic heterocycles. The molecule has 1 N–H and O–H groups in total. The van der Waals surface area contributed by atoms with Crippen molar-refractivity contribution in [1.82, 2.24) is 0 Å². The fraction of sp³-hybridized carbons (Fsp3) is 0.200. The Morgan fingerprint density at radius 3 is 2.47 bits per heavy atom. The molecule has 0 saturated heterocycles. The van der Waals surface area contributed by atoms with Crippen molar-refractivity contribution in [3.05, 3.63) is 28.3 Å². The van der Waals surface area contributed by atoms with Gasteiger partial charge in [0.2, 0.25) is 0 Å². The molecule has 0 aliphatic rings. The minimum atomic E-state index is -1.53. The van der Waals surface area contributed by atoms with Gasteiger partial charge in [0.25, 0.3) is 5.78 Å². The number of ketones is 1. The Morgan fingerprint density at radius 2 is 2.00 bits per heavy atom. The molecule has 0 heterocycles. The number of carboxylic acids is 1. The number of methoxy groups -OCH3 is 1. The number of Topliss-reactive ketones (excluding diaryl/α,β-unsaturated/α-hetero) is 1. The van der Waals surface area contributed by atoms with E-state index >= 15 is 0 Å². The third-order valence-electron chi connectivity index (χ3n) is 1.88. The second kappa shape index (κ2) is 4.31. The largest absolute Gasteiger partial charge is 0.496 e. The molecule has 15 heavy (non-hydrogen) atoms. The van der Waals surface area contributed by atoms with E-state index in [4.69, 9.17) is 21.4 Å². The molecule has 1 aromatic carbocycles. The van der Waals surface area contributed by atoms with Crippen molar-refractivity contribution in [2.75, 3.05) is 7.11 Å². The number of carbonyl (C=O) groups is 2. The molecular formula is C10H9ClO4. The standard InChI is InChI=1S/C10H9ClO4/c1-5-3-6(11)4-7(9(5)15-2)8(12)10(13)14/h3-4H,1-2H3,(H,13,14). The van der Waals surface area contributed by atoms with Gasteiger partial charge < -0.3 is 9.84 Å². The van der Waals surface area contributed by atoms with Crippen molar-refractivity contribution < 1.29 is 19.4 Å². The van der Waals surface area contributed by atoms with Crippen LogP contribution in [-0.2, 0) is 4.79 Å². The van der Waals surface area contributed by atoms with Crippen molar-refractivity contribution in [2.24, 2.45) is 0 Å². The number of hydrogen-bond donors (Lipinski definition) is 1. The molecular weight excluding hydrogens is 220 g/mol. The summed E-state index contributed by atoms with van der Waals surface area (Å²) in [6.07, 6.45) is 0. The predicted octanol–water partition coefficient (Wildman–Crippen LogP) is 1.92. The minimum Gasteiger partial charge on any atom is -0.496 e. The maximum atomic E-state index is 11.3. The average Bonchev–Trinajstić information content (AvgIpc) is 2.15. The van der Waals surface area contributed by atoms with Crippen LogP contribution in [0.3, 0.4) is 0 Å². The Morgan fingerprint density at radius 1 is 1.40 bits per heavy atom. The van der Waals surface area contributed by atoms with Gasteiger partial charge in [-0.3, -0.25) is 4.79 Å². The summed E-state index contributed by atoms with van der Waals surface area (Å²) in [6.45, 7) is 1.68. The summed E-state index contributed by atoms with van der Waals surface area (Å²) < 4.78 is 4.96. The van der Waals surface area contributed by atoms with Crippen molar-refractivity contribution in [3.8, 4) is 5.75 Å². The van der Waals surface area contributed by atoms with E-state index < -0.39 is 11.8 Å². The van der Waals surface area contributed by atoms with Crippen LogP contribution in [0.2, 0.25) is 5.02 Å². The summed E-state index contributed by atoms with van der Waals surface area (Å²) in [5.41, 5.74) is 0.588. The lowest BCUT2D eigenvalue weighted by Gasteiger charge is -2.09. The first-order valence-corrected chi connectivity index (χ1v) is 4.47. The molecule has 0 aliphatic carbocycles. The van der Waals surface area contributed by atoms with Gasteiger partial charge in [-0.05, 0) is 24.6 Å². The van der Waals surface area contributed by atoms with E-state index in [0.29, 0.717) is 10.6 Å². The summed E-state index contributed by atoms with van der Waals surface area (Å²) in [5.74, 6) is -2.32. The van der Waals surface area contributed by atoms with Gasteiger partial charge in [0.05, 0.1) is 12.7 Å². The molecule has 0 spiro atoms. The van der Waals surface area contributed by atoms with E-state index in [1.54, 1.807) is 13.0 Å². The summed E-state index contributed by atoms with van der Waals surface area (Å²) >= 11 is 5.73. The molecule has 0 saturated carbocycles. The number of aliphatic carboxylic acids is 1. The van der Waals surface area contributed by atoms with E-state index in [1.807, 2.05) is 0 Å². The third kappa shape index (κ3) is 2.27. The van der Waals surface area contributed by atoms with Crippen LogP contribution in [0.4, 0.5) is 0 Å². The van der Waals surface area contributed by atoms with E-state index in [9.17, 15) is 9.59 Å². The number of carbonyl (C=O) groups excluding carboxylic acids is 1. The SMILES string of the molecule is COc1c(C)cc(Cl)cc1C(=O)C(=O)O. The predicted molar refractivity (Wildman–Crippen MR) is 54.7 cm³/mol. The Balaban J connectivity index is 3.38. The number of hydrogen-bond acceptors (Lipinski definition) is 3. The Labute approximate surface area is 91.4 Å². The molecule has 1 rings (SSSR count).